The number of carbonyl (C=O) groups excluding carboxylic acids is 1. The van der Waals surface area contributed by atoms with Crippen molar-refractivity contribution in [3.8, 4) is 0 Å². The maximum atomic E-state index is 11.8. The lowest BCUT2D eigenvalue weighted by atomic mass is 10.3. The number of pyridine rings is 1. The number of rotatable bonds is 5. The zero-order valence-electron chi connectivity index (χ0n) is 10.3. The maximum Gasteiger partial charge on any atom is 0.328 e. The van der Waals surface area contributed by atoms with Crippen molar-refractivity contribution < 1.29 is 9.53 Å². The number of ether oxygens (including phenoxy) is 1. The second-order valence-corrected chi connectivity index (χ2v) is 4.76. The van der Waals surface area contributed by atoms with Gasteiger partial charge in [0, 0.05) is 6.20 Å². The van der Waals surface area contributed by atoms with Gasteiger partial charge in [0.1, 0.15) is 11.1 Å². The van der Waals surface area contributed by atoms with Gasteiger partial charge in [-0.25, -0.2) is 4.79 Å². The van der Waals surface area contributed by atoms with Gasteiger partial charge in [0.15, 0.2) is 0 Å². The Kier molecular flexibility index (Phi) is 5.69. The van der Waals surface area contributed by atoms with Crippen molar-refractivity contribution in [3.05, 3.63) is 32.7 Å². The molecule has 1 atom stereocenters. The van der Waals surface area contributed by atoms with Crippen LogP contribution >= 0.6 is 23.2 Å². The van der Waals surface area contributed by atoms with Gasteiger partial charge in [-0.2, -0.15) is 0 Å². The minimum absolute atomic E-state index is 0.0179. The molecule has 0 fully saturated rings. The Labute approximate surface area is 115 Å². The fourth-order valence-corrected chi connectivity index (χ4v) is 1.86. The molecule has 100 valence electrons. The fraction of sp³-hybridized carbons (Fsp3) is 0.500. The highest BCUT2D eigenvalue weighted by atomic mass is 35.5. The summed E-state index contributed by atoms with van der Waals surface area (Å²) in [5.74, 6) is -0.469. The van der Waals surface area contributed by atoms with Gasteiger partial charge >= 0.3 is 5.97 Å². The van der Waals surface area contributed by atoms with Gasteiger partial charge in [-0.15, -0.1) is 0 Å². The van der Waals surface area contributed by atoms with E-state index in [4.69, 9.17) is 27.9 Å². The molecule has 18 heavy (non-hydrogen) atoms. The number of unbranched alkanes of at least 4 members (excludes halogenated alkanes) is 1. The van der Waals surface area contributed by atoms with E-state index in [0.29, 0.717) is 11.6 Å². The van der Waals surface area contributed by atoms with Crippen LogP contribution in [0.3, 0.4) is 0 Å². The lowest BCUT2D eigenvalue weighted by molar-refractivity contribution is -0.147. The minimum atomic E-state index is -0.745. The first kappa shape index (κ1) is 15.1. The molecule has 4 nitrogen and oxygen atoms in total. The van der Waals surface area contributed by atoms with Crippen LogP contribution in [-0.2, 0) is 9.53 Å². The highest BCUT2D eigenvalue weighted by Gasteiger charge is 2.19. The summed E-state index contributed by atoms with van der Waals surface area (Å²) < 4.78 is 6.23. The van der Waals surface area contributed by atoms with Crippen molar-refractivity contribution in [1.82, 2.24) is 4.57 Å². The van der Waals surface area contributed by atoms with E-state index in [1.54, 1.807) is 6.92 Å². The Morgan fingerprint density at radius 2 is 2.17 bits per heavy atom. The van der Waals surface area contributed by atoms with Crippen LogP contribution < -0.4 is 5.56 Å². The highest BCUT2D eigenvalue weighted by molar-refractivity contribution is 6.34. The van der Waals surface area contributed by atoms with Crippen molar-refractivity contribution in [3.63, 3.8) is 0 Å². The smallest absolute Gasteiger partial charge is 0.328 e. The average Bonchev–Trinajstić information content (AvgIpc) is 2.33. The summed E-state index contributed by atoms with van der Waals surface area (Å²) in [7, 11) is 0. The van der Waals surface area contributed by atoms with Gasteiger partial charge in [0.05, 0.1) is 11.6 Å². The molecule has 0 saturated carbocycles. The number of esters is 1. The molecule has 1 heterocycles. The normalized spacial score (nSPS) is 12.2. The predicted octanol–water partition coefficient (Wildman–Crippen LogP) is 3.06. The molecular weight excluding hydrogens is 277 g/mol. The van der Waals surface area contributed by atoms with E-state index in [-0.39, 0.29) is 5.02 Å². The topological polar surface area (TPSA) is 48.3 Å². The Hall–Kier alpha value is -1.00. The Bertz CT molecular complexity index is 485. The van der Waals surface area contributed by atoms with Gasteiger partial charge in [0.2, 0.25) is 0 Å². The molecule has 0 amide bonds. The maximum absolute atomic E-state index is 11.8. The molecule has 0 aliphatic carbocycles. The molecule has 0 spiro atoms. The SMILES string of the molecule is CCCCOC(=O)C(C)n1cc(Cl)cc(Cl)c1=O. The third-order valence-corrected chi connectivity index (χ3v) is 2.94. The molecule has 0 saturated heterocycles. The fourth-order valence-electron chi connectivity index (χ4n) is 1.37. The predicted molar refractivity (Wildman–Crippen MR) is 71.3 cm³/mol. The second kappa shape index (κ2) is 6.81. The Balaban J connectivity index is 2.87. The van der Waals surface area contributed by atoms with Gasteiger partial charge in [-0.1, -0.05) is 36.5 Å². The summed E-state index contributed by atoms with van der Waals surface area (Å²) in [4.78, 5) is 23.5. The van der Waals surface area contributed by atoms with E-state index in [9.17, 15) is 9.59 Å². The van der Waals surface area contributed by atoms with Crippen molar-refractivity contribution in [2.75, 3.05) is 6.61 Å². The van der Waals surface area contributed by atoms with E-state index in [1.165, 1.54) is 16.8 Å². The lowest BCUT2D eigenvalue weighted by Crippen LogP contribution is -2.29. The molecule has 0 bridgehead atoms. The summed E-state index contributed by atoms with van der Waals surface area (Å²) >= 11 is 11.5. The minimum Gasteiger partial charge on any atom is -0.464 e. The first-order valence-electron chi connectivity index (χ1n) is 5.71. The first-order chi connectivity index (χ1) is 8.47. The molecule has 0 aliphatic heterocycles. The van der Waals surface area contributed by atoms with E-state index in [2.05, 4.69) is 0 Å². The van der Waals surface area contributed by atoms with Crippen LogP contribution in [0.2, 0.25) is 10.0 Å². The molecule has 1 rings (SSSR count). The molecule has 0 aliphatic rings. The highest BCUT2D eigenvalue weighted by Crippen LogP contribution is 2.15. The zero-order valence-corrected chi connectivity index (χ0v) is 11.8. The van der Waals surface area contributed by atoms with Crippen LogP contribution in [0.1, 0.15) is 32.7 Å². The Morgan fingerprint density at radius 3 is 2.78 bits per heavy atom. The van der Waals surface area contributed by atoms with Gasteiger partial charge in [0.25, 0.3) is 5.56 Å². The molecule has 6 heteroatoms. The van der Waals surface area contributed by atoms with Crippen molar-refractivity contribution in [2.24, 2.45) is 0 Å². The molecule has 1 aromatic rings. The average molecular weight is 292 g/mol. The molecule has 0 radical (unpaired) electrons. The monoisotopic (exact) mass is 291 g/mol. The number of nitrogens with zero attached hydrogens (tertiary/aromatic N) is 1. The van der Waals surface area contributed by atoms with Crippen LogP contribution in [0.15, 0.2) is 17.1 Å². The lowest BCUT2D eigenvalue weighted by Gasteiger charge is -2.14. The van der Waals surface area contributed by atoms with Gasteiger partial charge < -0.3 is 4.74 Å². The third-order valence-electron chi connectivity index (χ3n) is 2.47. The number of halogens is 2. The number of carbonyl (C=O) groups is 1. The Morgan fingerprint density at radius 1 is 1.50 bits per heavy atom. The van der Waals surface area contributed by atoms with E-state index >= 15 is 0 Å². The van der Waals surface area contributed by atoms with Crippen LogP contribution in [0.5, 0.6) is 0 Å². The van der Waals surface area contributed by atoms with Crippen LogP contribution in [0.25, 0.3) is 0 Å². The number of hydrogen-bond donors (Lipinski definition) is 0. The first-order valence-corrected chi connectivity index (χ1v) is 6.46. The second-order valence-electron chi connectivity index (χ2n) is 3.92. The molecule has 0 N–H and O–H groups in total. The molecule has 1 aromatic heterocycles. The van der Waals surface area contributed by atoms with Gasteiger partial charge in [-0.3, -0.25) is 9.36 Å². The molecule has 1 unspecified atom stereocenters. The zero-order chi connectivity index (χ0) is 13.7. The van der Waals surface area contributed by atoms with Crippen molar-refractivity contribution in [2.45, 2.75) is 32.7 Å². The quantitative estimate of drug-likeness (QED) is 0.619. The van der Waals surface area contributed by atoms with Crippen molar-refractivity contribution in [1.29, 1.82) is 0 Å². The van der Waals surface area contributed by atoms with Crippen LogP contribution in [-0.4, -0.2) is 17.1 Å². The molecule has 0 aromatic carbocycles. The number of aromatic nitrogens is 1. The van der Waals surface area contributed by atoms with E-state index in [0.717, 1.165) is 12.8 Å². The van der Waals surface area contributed by atoms with Crippen LogP contribution in [0, 0.1) is 0 Å². The summed E-state index contributed by atoms with van der Waals surface area (Å²) in [6, 6.07) is 0.599. The summed E-state index contributed by atoms with van der Waals surface area (Å²) in [6.07, 6.45) is 3.11. The number of hydrogen-bond acceptors (Lipinski definition) is 3. The van der Waals surface area contributed by atoms with E-state index in [1.807, 2.05) is 6.92 Å². The van der Waals surface area contributed by atoms with Crippen molar-refractivity contribution >= 4 is 29.2 Å². The summed E-state index contributed by atoms with van der Waals surface area (Å²) in [5, 5.41) is 0.281. The summed E-state index contributed by atoms with van der Waals surface area (Å²) in [5.41, 5.74) is -0.457. The van der Waals surface area contributed by atoms with Crippen LogP contribution in [0.4, 0.5) is 0 Å². The molecular formula is C12H15Cl2NO3. The third kappa shape index (κ3) is 3.75. The van der Waals surface area contributed by atoms with E-state index < -0.39 is 17.6 Å². The van der Waals surface area contributed by atoms with Gasteiger partial charge in [-0.05, 0) is 19.4 Å². The summed E-state index contributed by atoms with van der Waals surface area (Å²) in [6.45, 7) is 3.92. The largest absolute Gasteiger partial charge is 0.464 e. The standard InChI is InChI=1S/C12H15Cl2NO3/c1-3-4-5-18-12(17)8(2)15-7-9(13)6-10(14)11(15)16/h6-8H,3-5H2,1-2H3.